The van der Waals surface area contributed by atoms with Crippen molar-refractivity contribution in [3.8, 4) is 0 Å². The van der Waals surface area contributed by atoms with Crippen LogP contribution in [0, 0.1) is 0 Å². The molecule has 0 aromatic rings. The molecule has 3 atom stereocenters. The smallest absolute Gasteiger partial charge is 0.338 e. The molecule has 0 saturated carbocycles. The zero-order valence-electron chi connectivity index (χ0n) is 5.41. The summed E-state index contributed by atoms with van der Waals surface area (Å²) in [6.07, 6.45) is -6.66. The van der Waals surface area contributed by atoms with Crippen LogP contribution in [-0.2, 0) is 9.53 Å². The van der Waals surface area contributed by atoms with Crippen LogP contribution in [0.3, 0.4) is 0 Å². The van der Waals surface area contributed by atoms with Crippen molar-refractivity contribution < 1.29 is 30.0 Å². The maximum Gasteiger partial charge on any atom is 0.338 e. The van der Waals surface area contributed by atoms with E-state index in [0.717, 1.165) is 0 Å². The molecule has 0 aliphatic carbocycles. The van der Waals surface area contributed by atoms with Crippen LogP contribution in [-0.4, -0.2) is 51.0 Å². The Morgan fingerprint density at radius 1 is 1.36 bits per heavy atom. The molecule has 1 aliphatic heterocycles. The number of carbonyl (C=O) groups is 1. The summed E-state index contributed by atoms with van der Waals surface area (Å²) in [5.41, 5.74) is 0. The first kappa shape index (κ1) is 8.41. The number of aliphatic hydroxyl groups excluding tert-OH is 3. The highest BCUT2D eigenvalue weighted by molar-refractivity contribution is 5.77. The number of aliphatic hydroxyl groups is 4. The van der Waals surface area contributed by atoms with Gasteiger partial charge in [-0.05, 0) is 0 Å². The minimum Gasteiger partial charge on any atom is -0.452 e. The third kappa shape index (κ3) is 1.33. The highest BCUT2D eigenvalue weighted by Crippen LogP contribution is 2.17. The van der Waals surface area contributed by atoms with E-state index in [1.807, 2.05) is 0 Å². The molecule has 0 bridgehead atoms. The summed E-state index contributed by atoms with van der Waals surface area (Å²) >= 11 is 0. The normalized spacial score (nSPS) is 37.9. The van der Waals surface area contributed by atoms with Gasteiger partial charge in [-0.3, -0.25) is 0 Å². The Bertz CT molecular complexity index is 166. The summed E-state index contributed by atoms with van der Waals surface area (Å²) in [4.78, 5) is 10.4. The first-order chi connectivity index (χ1) is 5.04. The van der Waals surface area contributed by atoms with Gasteiger partial charge in [0.15, 0.2) is 18.5 Å². The Kier molecular flexibility index (Phi) is 2.10. The monoisotopic (exact) mass is 164 g/mol. The van der Waals surface area contributed by atoms with E-state index in [9.17, 15) is 4.79 Å². The average Bonchev–Trinajstić information content (AvgIpc) is 2.17. The lowest BCUT2D eigenvalue weighted by atomic mass is 10.1. The lowest BCUT2D eigenvalue weighted by molar-refractivity contribution is -0.169. The van der Waals surface area contributed by atoms with E-state index in [1.54, 1.807) is 0 Å². The first-order valence-electron chi connectivity index (χ1n) is 2.97. The van der Waals surface area contributed by atoms with E-state index in [4.69, 9.17) is 20.4 Å². The molecule has 64 valence electrons. The largest absolute Gasteiger partial charge is 0.452 e. The number of esters is 1. The van der Waals surface area contributed by atoms with Crippen molar-refractivity contribution in [1.29, 1.82) is 0 Å². The second-order valence-corrected chi connectivity index (χ2v) is 2.25. The fourth-order valence-electron chi connectivity index (χ4n) is 0.830. The molecule has 1 heterocycles. The third-order valence-electron chi connectivity index (χ3n) is 1.45. The van der Waals surface area contributed by atoms with Gasteiger partial charge in [0.2, 0.25) is 0 Å². The number of hydrogen-bond donors (Lipinski definition) is 4. The van der Waals surface area contributed by atoms with Crippen molar-refractivity contribution in [1.82, 2.24) is 0 Å². The van der Waals surface area contributed by atoms with Gasteiger partial charge in [0.1, 0.15) is 6.10 Å². The van der Waals surface area contributed by atoms with Crippen molar-refractivity contribution in [2.45, 2.75) is 24.6 Å². The second-order valence-electron chi connectivity index (χ2n) is 2.25. The number of ether oxygens (including phenoxy) is 1. The Hall–Kier alpha value is -0.690. The molecule has 0 spiro atoms. The molecule has 1 rings (SSSR count). The summed E-state index contributed by atoms with van der Waals surface area (Å²) in [5.74, 6) is -1.05. The zero-order valence-corrected chi connectivity index (χ0v) is 5.41. The van der Waals surface area contributed by atoms with Crippen molar-refractivity contribution in [2.75, 3.05) is 0 Å². The van der Waals surface area contributed by atoms with E-state index in [0.29, 0.717) is 0 Å². The van der Waals surface area contributed by atoms with Crippen LogP contribution in [0.2, 0.25) is 0 Å². The van der Waals surface area contributed by atoms with Gasteiger partial charge < -0.3 is 25.2 Å². The number of rotatable bonds is 1. The number of hydrogen-bond acceptors (Lipinski definition) is 6. The van der Waals surface area contributed by atoms with Gasteiger partial charge in [0.25, 0.3) is 0 Å². The summed E-state index contributed by atoms with van der Waals surface area (Å²) in [5, 5.41) is 34.6. The molecule has 11 heavy (non-hydrogen) atoms. The molecule has 0 amide bonds. The van der Waals surface area contributed by atoms with E-state index >= 15 is 0 Å². The molecular weight excluding hydrogens is 156 g/mol. The SMILES string of the molecule is O=C1O[C@H](C(O)O)[C@@H](O)[C@H]1O. The molecule has 6 heteroatoms. The van der Waals surface area contributed by atoms with Crippen LogP contribution in [0.4, 0.5) is 0 Å². The van der Waals surface area contributed by atoms with E-state index in [-0.39, 0.29) is 0 Å². The molecule has 6 nitrogen and oxygen atoms in total. The van der Waals surface area contributed by atoms with Crippen LogP contribution in [0.1, 0.15) is 0 Å². The van der Waals surface area contributed by atoms with Crippen LogP contribution in [0.25, 0.3) is 0 Å². The van der Waals surface area contributed by atoms with Crippen molar-refractivity contribution in [3.63, 3.8) is 0 Å². The minimum absolute atomic E-state index is 1.05. The molecular formula is C5H8O6. The van der Waals surface area contributed by atoms with Gasteiger partial charge in [0.05, 0.1) is 0 Å². The summed E-state index contributed by atoms with van der Waals surface area (Å²) in [6, 6.07) is 0. The molecule has 0 unspecified atom stereocenters. The van der Waals surface area contributed by atoms with Gasteiger partial charge in [-0.25, -0.2) is 4.79 Å². The molecule has 0 aromatic carbocycles. The van der Waals surface area contributed by atoms with Gasteiger partial charge in [0, 0.05) is 0 Å². The molecule has 1 aliphatic rings. The predicted octanol–water partition coefficient (Wildman–Crippen LogP) is -3.06. The molecule has 1 saturated heterocycles. The van der Waals surface area contributed by atoms with E-state index in [2.05, 4.69) is 4.74 Å². The van der Waals surface area contributed by atoms with Crippen molar-refractivity contribution in [2.24, 2.45) is 0 Å². The quantitative estimate of drug-likeness (QED) is 0.242. The summed E-state index contributed by atoms with van der Waals surface area (Å²) < 4.78 is 4.21. The highest BCUT2D eigenvalue weighted by atomic mass is 16.6. The summed E-state index contributed by atoms with van der Waals surface area (Å²) in [6.45, 7) is 0. The molecule has 1 fully saturated rings. The highest BCUT2D eigenvalue weighted by Gasteiger charge is 2.45. The van der Waals surface area contributed by atoms with E-state index < -0.39 is 30.6 Å². The summed E-state index contributed by atoms with van der Waals surface area (Å²) in [7, 11) is 0. The number of carbonyl (C=O) groups excluding carboxylic acids is 1. The van der Waals surface area contributed by atoms with Crippen LogP contribution < -0.4 is 0 Å². The minimum atomic E-state index is -1.97. The Balaban J connectivity index is 2.67. The second kappa shape index (κ2) is 2.74. The Labute approximate surface area is 61.6 Å². The van der Waals surface area contributed by atoms with Crippen molar-refractivity contribution in [3.05, 3.63) is 0 Å². The van der Waals surface area contributed by atoms with Crippen LogP contribution in [0.15, 0.2) is 0 Å². The average molecular weight is 164 g/mol. The van der Waals surface area contributed by atoms with Gasteiger partial charge >= 0.3 is 5.97 Å². The number of cyclic esters (lactones) is 1. The zero-order chi connectivity index (χ0) is 8.59. The molecule has 4 N–H and O–H groups in total. The Morgan fingerprint density at radius 3 is 2.09 bits per heavy atom. The van der Waals surface area contributed by atoms with Gasteiger partial charge in [-0.2, -0.15) is 0 Å². The van der Waals surface area contributed by atoms with E-state index in [1.165, 1.54) is 0 Å². The van der Waals surface area contributed by atoms with Crippen LogP contribution >= 0.6 is 0 Å². The fraction of sp³-hybridized carbons (Fsp3) is 0.800. The maximum absolute atomic E-state index is 10.4. The lowest BCUT2D eigenvalue weighted by Crippen LogP contribution is -2.38. The topological polar surface area (TPSA) is 107 Å². The predicted molar refractivity (Wildman–Crippen MR) is 30.1 cm³/mol. The van der Waals surface area contributed by atoms with Crippen molar-refractivity contribution >= 4 is 5.97 Å². The molecule has 0 aromatic heterocycles. The first-order valence-corrected chi connectivity index (χ1v) is 2.97. The van der Waals surface area contributed by atoms with Gasteiger partial charge in [-0.1, -0.05) is 0 Å². The third-order valence-corrected chi connectivity index (χ3v) is 1.45. The maximum atomic E-state index is 10.4. The lowest BCUT2D eigenvalue weighted by Gasteiger charge is -2.14. The Morgan fingerprint density at radius 2 is 1.91 bits per heavy atom. The molecule has 0 radical (unpaired) electrons. The standard InChI is InChI=1S/C5H8O6/c6-1-2(7)5(10)11-3(1)4(8)9/h1-4,6-9H/t1-,2+,3-/m0/s1. The fourth-order valence-corrected chi connectivity index (χ4v) is 0.830. The van der Waals surface area contributed by atoms with Crippen LogP contribution in [0.5, 0.6) is 0 Å². The van der Waals surface area contributed by atoms with Gasteiger partial charge in [-0.15, -0.1) is 0 Å².